The van der Waals surface area contributed by atoms with Crippen LogP contribution < -0.4 is 0 Å². The van der Waals surface area contributed by atoms with E-state index in [0.717, 1.165) is 6.61 Å². The van der Waals surface area contributed by atoms with E-state index in [2.05, 4.69) is 26.9 Å². The number of ether oxygens (including phenoxy) is 1. The molecule has 0 aromatic heterocycles. The Morgan fingerprint density at radius 1 is 1.14 bits per heavy atom. The van der Waals surface area contributed by atoms with Crippen molar-refractivity contribution in [3.8, 4) is 0 Å². The van der Waals surface area contributed by atoms with E-state index in [4.69, 9.17) is 9.16 Å². The van der Waals surface area contributed by atoms with E-state index in [9.17, 15) is 0 Å². The van der Waals surface area contributed by atoms with Gasteiger partial charge in [0.05, 0.1) is 12.7 Å². The third kappa shape index (κ3) is 6.76. The van der Waals surface area contributed by atoms with Gasteiger partial charge < -0.3 is 9.16 Å². The van der Waals surface area contributed by atoms with Crippen molar-refractivity contribution in [2.75, 3.05) is 6.61 Å². The third-order valence-corrected chi connectivity index (χ3v) is 5.01. The minimum atomic E-state index is -1.15. The van der Waals surface area contributed by atoms with E-state index < -0.39 is 8.32 Å². The van der Waals surface area contributed by atoms with E-state index in [1.54, 1.807) is 0 Å². The number of epoxide rings is 1. The van der Waals surface area contributed by atoms with Crippen LogP contribution in [-0.4, -0.2) is 38.1 Å². The molecule has 14 heavy (non-hydrogen) atoms. The average molecular weight is 234 g/mol. The Balaban J connectivity index is 0.000000286. The Morgan fingerprint density at radius 2 is 1.64 bits per heavy atom. The highest BCUT2D eigenvalue weighted by molar-refractivity contribution is 6.71. The zero-order valence-electron chi connectivity index (χ0n) is 9.30. The van der Waals surface area contributed by atoms with Crippen LogP contribution >= 0.6 is 0 Å². The fourth-order valence-electron chi connectivity index (χ4n) is 1.57. The number of hydrogen-bond donors (Lipinski definition) is 0. The lowest BCUT2D eigenvalue weighted by Crippen LogP contribution is -2.37. The maximum Gasteiger partial charge on any atom is 0.187 e. The summed E-state index contributed by atoms with van der Waals surface area (Å²) in [4.78, 5) is 0. The Labute approximate surface area is 93.5 Å². The first-order valence-corrected chi connectivity index (χ1v) is 8.40. The van der Waals surface area contributed by atoms with Crippen LogP contribution in [0.5, 0.6) is 0 Å². The van der Waals surface area contributed by atoms with E-state index in [1.165, 1.54) is 18.9 Å². The average Bonchev–Trinajstić information content (AvgIpc) is 2.69. The van der Waals surface area contributed by atoms with E-state index in [0.29, 0.717) is 12.2 Å². The fourth-order valence-corrected chi connectivity index (χ4v) is 3.95. The molecule has 2 saturated heterocycles. The highest BCUT2D eigenvalue weighted by Crippen LogP contribution is 2.24. The van der Waals surface area contributed by atoms with Gasteiger partial charge in [-0.1, -0.05) is 6.42 Å². The molecular weight excluding hydrogens is 208 g/mol. The summed E-state index contributed by atoms with van der Waals surface area (Å²) in [5.74, 6) is 0. The molecule has 2 fully saturated rings. The zero-order valence-corrected chi connectivity index (χ0v) is 10.3. The molecule has 0 aromatic rings. The summed E-state index contributed by atoms with van der Waals surface area (Å²) < 4.78 is 10.5. The lowest BCUT2D eigenvalue weighted by atomic mass is 10.2. The summed E-state index contributed by atoms with van der Waals surface area (Å²) >= 11 is 0. The van der Waals surface area contributed by atoms with Gasteiger partial charge in [-0.3, -0.25) is 0 Å². The Morgan fingerprint density at radius 3 is 1.86 bits per heavy atom. The van der Waals surface area contributed by atoms with Crippen molar-refractivity contribution in [2.24, 2.45) is 0 Å². The summed E-state index contributed by atoms with van der Waals surface area (Å²) in [5, 5.41) is 0. The van der Waals surface area contributed by atoms with Crippen molar-refractivity contribution in [2.45, 2.75) is 58.0 Å². The fraction of sp³-hybridized carbons (Fsp3) is 1.00. The van der Waals surface area contributed by atoms with Crippen molar-refractivity contribution >= 4 is 19.3 Å². The first kappa shape index (κ1) is 14.4. The molecule has 0 aromatic carbocycles. The molecule has 2 unspecified atom stereocenters. The van der Waals surface area contributed by atoms with Crippen LogP contribution in [0.4, 0.5) is 0 Å². The molecular formula is C10H26O2Si2. The van der Waals surface area contributed by atoms with Gasteiger partial charge in [0.1, 0.15) is 0 Å². The zero-order chi connectivity index (χ0) is 9.90. The molecule has 0 bridgehead atoms. The van der Waals surface area contributed by atoms with Gasteiger partial charge in [0.2, 0.25) is 0 Å². The van der Waals surface area contributed by atoms with Gasteiger partial charge in [-0.25, -0.2) is 0 Å². The Kier molecular flexibility index (Phi) is 6.20. The van der Waals surface area contributed by atoms with Crippen LogP contribution in [0.2, 0.25) is 19.1 Å². The van der Waals surface area contributed by atoms with Crippen LogP contribution in [-0.2, 0) is 9.16 Å². The standard InChI is InChI=1S/C7H16OSi.C3H6O.H4Si/c1-7-5-4-6-9(2,3)8-7;1-3-2-4-3;/h7H,4-6H2,1-3H3;3H,2H2,1H3;1H4. The molecule has 0 spiro atoms. The summed E-state index contributed by atoms with van der Waals surface area (Å²) in [6.45, 7) is 9.85. The number of rotatable bonds is 0. The SMILES string of the molecule is CC1CCC[Si](C)(C)O1.CC1CO1.[SiH4]. The second-order valence-corrected chi connectivity index (χ2v) is 8.98. The maximum absolute atomic E-state index is 5.81. The molecule has 2 aliphatic rings. The van der Waals surface area contributed by atoms with Gasteiger partial charge in [0, 0.05) is 6.10 Å². The summed E-state index contributed by atoms with van der Waals surface area (Å²) in [6.07, 6.45) is 3.79. The Bertz CT molecular complexity index is 158. The van der Waals surface area contributed by atoms with E-state index in [-0.39, 0.29) is 11.0 Å². The topological polar surface area (TPSA) is 21.8 Å². The van der Waals surface area contributed by atoms with E-state index in [1.807, 2.05) is 0 Å². The van der Waals surface area contributed by atoms with Gasteiger partial charge in [-0.05, 0) is 50.4 Å². The van der Waals surface area contributed by atoms with E-state index >= 15 is 0 Å². The van der Waals surface area contributed by atoms with Gasteiger partial charge in [0.25, 0.3) is 0 Å². The van der Waals surface area contributed by atoms with Crippen LogP contribution in [0.15, 0.2) is 0 Å². The molecule has 2 rings (SSSR count). The predicted molar refractivity (Wildman–Crippen MR) is 68.8 cm³/mol. The quantitative estimate of drug-likeness (QED) is 0.466. The molecule has 4 heteroatoms. The van der Waals surface area contributed by atoms with Gasteiger partial charge in [0.15, 0.2) is 8.32 Å². The van der Waals surface area contributed by atoms with Crippen LogP contribution in [0.3, 0.4) is 0 Å². The summed E-state index contributed by atoms with van der Waals surface area (Å²) in [7, 11) is -1.15. The smallest absolute Gasteiger partial charge is 0.187 e. The molecule has 2 atom stereocenters. The second kappa shape index (κ2) is 6.05. The number of hydrogen-bond acceptors (Lipinski definition) is 2. The van der Waals surface area contributed by atoms with Crippen molar-refractivity contribution in [1.82, 2.24) is 0 Å². The predicted octanol–water partition coefficient (Wildman–Crippen LogP) is 1.34. The van der Waals surface area contributed by atoms with Crippen molar-refractivity contribution < 1.29 is 9.16 Å². The lowest BCUT2D eigenvalue weighted by Gasteiger charge is -2.32. The summed E-state index contributed by atoms with van der Waals surface area (Å²) in [6, 6.07) is 1.36. The molecule has 2 heterocycles. The highest BCUT2D eigenvalue weighted by Gasteiger charge is 2.28. The lowest BCUT2D eigenvalue weighted by molar-refractivity contribution is 0.179. The largest absolute Gasteiger partial charge is 0.415 e. The molecule has 0 amide bonds. The normalized spacial score (nSPS) is 33.4. The molecule has 2 nitrogen and oxygen atoms in total. The van der Waals surface area contributed by atoms with Crippen LogP contribution in [0, 0.1) is 0 Å². The molecule has 2 aliphatic heterocycles. The molecule has 0 radical (unpaired) electrons. The summed E-state index contributed by atoms with van der Waals surface area (Å²) in [5.41, 5.74) is 0. The Hall–Kier alpha value is 0.354. The second-order valence-electron chi connectivity index (χ2n) is 4.72. The monoisotopic (exact) mass is 234 g/mol. The molecule has 86 valence electrons. The van der Waals surface area contributed by atoms with Crippen molar-refractivity contribution in [3.05, 3.63) is 0 Å². The highest BCUT2D eigenvalue weighted by atomic mass is 28.4. The molecule has 0 saturated carbocycles. The first-order valence-electron chi connectivity index (χ1n) is 5.29. The maximum atomic E-state index is 5.81. The minimum Gasteiger partial charge on any atom is -0.415 e. The molecule has 0 aliphatic carbocycles. The minimum absolute atomic E-state index is 0. The van der Waals surface area contributed by atoms with Crippen LogP contribution in [0.25, 0.3) is 0 Å². The van der Waals surface area contributed by atoms with Gasteiger partial charge >= 0.3 is 0 Å². The first-order chi connectivity index (χ1) is 5.99. The van der Waals surface area contributed by atoms with Crippen molar-refractivity contribution in [1.29, 1.82) is 0 Å². The van der Waals surface area contributed by atoms with Gasteiger partial charge in [-0.2, -0.15) is 0 Å². The third-order valence-electron chi connectivity index (χ3n) is 2.41. The molecule has 0 N–H and O–H groups in total. The van der Waals surface area contributed by atoms with Gasteiger partial charge in [-0.15, -0.1) is 0 Å². The van der Waals surface area contributed by atoms with Crippen molar-refractivity contribution in [3.63, 3.8) is 0 Å². The van der Waals surface area contributed by atoms with Crippen LogP contribution in [0.1, 0.15) is 26.7 Å².